The molecule has 0 bridgehead atoms. The molecular weight excluding hydrogens is 258 g/mol. The van der Waals surface area contributed by atoms with Crippen LogP contribution < -0.4 is 10.5 Å². The van der Waals surface area contributed by atoms with Crippen molar-refractivity contribution in [1.82, 2.24) is 0 Å². The van der Waals surface area contributed by atoms with Crippen molar-refractivity contribution in [2.75, 3.05) is 6.61 Å². The molecule has 1 unspecified atom stereocenters. The van der Waals surface area contributed by atoms with Gasteiger partial charge in [0.1, 0.15) is 5.75 Å². The average molecular weight is 289 g/mol. The van der Waals surface area contributed by atoms with E-state index in [1.807, 2.05) is 0 Å². The van der Waals surface area contributed by atoms with Gasteiger partial charge in [0.25, 0.3) is 0 Å². The highest BCUT2D eigenvalue weighted by Crippen LogP contribution is 2.36. The van der Waals surface area contributed by atoms with Crippen molar-refractivity contribution in [2.45, 2.75) is 71.8 Å². The van der Waals surface area contributed by atoms with Crippen LogP contribution in [0, 0.1) is 12.8 Å². The number of aryl methyl sites for hydroxylation is 1. The second-order valence-electron chi connectivity index (χ2n) is 7.65. The van der Waals surface area contributed by atoms with E-state index in [-0.39, 0.29) is 11.5 Å². The first-order valence-electron chi connectivity index (χ1n) is 8.33. The number of benzene rings is 1. The summed E-state index contributed by atoms with van der Waals surface area (Å²) < 4.78 is 6.12. The maximum Gasteiger partial charge on any atom is 0.123 e. The monoisotopic (exact) mass is 289 g/mol. The van der Waals surface area contributed by atoms with E-state index in [4.69, 9.17) is 10.5 Å². The lowest BCUT2D eigenvalue weighted by Gasteiger charge is -2.25. The fourth-order valence-electron chi connectivity index (χ4n) is 2.57. The second-order valence-corrected chi connectivity index (χ2v) is 7.65. The van der Waals surface area contributed by atoms with Gasteiger partial charge in [-0.25, -0.2) is 0 Å². The third kappa shape index (κ3) is 4.47. The minimum absolute atomic E-state index is 0.0949. The van der Waals surface area contributed by atoms with E-state index in [0.29, 0.717) is 0 Å². The molecule has 1 aliphatic rings. The lowest BCUT2D eigenvalue weighted by molar-refractivity contribution is 0.291. The molecule has 1 aliphatic carbocycles. The second kappa shape index (κ2) is 6.39. The zero-order chi connectivity index (χ0) is 15.6. The largest absolute Gasteiger partial charge is 0.493 e. The molecule has 0 amide bonds. The standard InChI is InChI=1S/C19H31NO/c1-6-16(20)10-15-11-17(19(3,4)5)18(9-13(15)2)21-12-14-7-8-14/h9,11,14,16H,6-8,10,12,20H2,1-5H3. The van der Waals surface area contributed by atoms with Crippen molar-refractivity contribution in [3.63, 3.8) is 0 Å². The average Bonchev–Trinajstić information content (AvgIpc) is 3.21. The van der Waals surface area contributed by atoms with Gasteiger partial charge in [0.05, 0.1) is 6.61 Å². The first-order chi connectivity index (χ1) is 9.81. The summed E-state index contributed by atoms with van der Waals surface area (Å²) in [5.74, 6) is 1.85. The third-order valence-corrected chi connectivity index (χ3v) is 4.42. The molecule has 2 N–H and O–H groups in total. The smallest absolute Gasteiger partial charge is 0.123 e. The van der Waals surface area contributed by atoms with Crippen LogP contribution in [0.5, 0.6) is 5.75 Å². The van der Waals surface area contributed by atoms with Gasteiger partial charge >= 0.3 is 0 Å². The van der Waals surface area contributed by atoms with Crippen LogP contribution in [0.2, 0.25) is 0 Å². The Labute approximate surface area is 130 Å². The highest BCUT2D eigenvalue weighted by Gasteiger charge is 2.25. The quantitative estimate of drug-likeness (QED) is 0.844. The van der Waals surface area contributed by atoms with E-state index in [1.54, 1.807) is 0 Å². The Morgan fingerprint density at radius 2 is 1.95 bits per heavy atom. The summed E-state index contributed by atoms with van der Waals surface area (Å²) in [5, 5.41) is 0. The molecule has 1 aromatic carbocycles. The summed E-state index contributed by atoms with van der Waals surface area (Å²) in [6.07, 6.45) is 4.62. The minimum Gasteiger partial charge on any atom is -0.493 e. The Kier molecular flexibility index (Phi) is 4.98. The van der Waals surface area contributed by atoms with Crippen LogP contribution in [0.3, 0.4) is 0 Å². The highest BCUT2D eigenvalue weighted by atomic mass is 16.5. The Morgan fingerprint density at radius 3 is 2.48 bits per heavy atom. The van der Waals surface area contributed by atoms with Crippen molar-refractivity contribution in [3.8, 4) is 5.75 Å². The van der Waals surface area contributed by atoms with Gasteiger partial charge in [-0.05, 0) is 66.7 Å². The van der Waals surface area contributed by atoms with E-state index in [9.17, 15) is 0 Å². The normalized spacial score (nSPS) is 16.9. The van der Waals surface area contributed by atoms with E-state index >= 15 is 0 Å². The van der Waals surface area contributed by atoms with E-state index < -0.39 is 0 Å². The summed E-state index contributed by atoms with van der Waals surface area (Å²) in [5.41, 5.74) is 10.2. The van der Waals surface area contributed by atoms with Gasteiger partial charge in [-0.3, -0.25) is 0 Å². The Morgan fingerprint density at radius 1 is 1.29 bits per heavy atom. The first-order valence-corrected chi connectivity index (χ1v) is 8.33. The Bertz CT molecular complexity index is 483. The molecule has 0 radical (unpaired) electrons. The summed E-state index contributed by atoms with van der Waals surface area (Å²) in [4.78, 5) is 0. The lowest BCUT2D eigenvalue weighted by Crippen LogP contribution is -2.23. The summed E-state index contributed by atoms with van der Waals surface area (Å²) in [6.45, 7) is 12.0. The van der Waals surface area contributed by atoms with Crippen LogP contribution in [0.1, 0.15) is 63.6 Å². The van der Waals surface area contributed by atoms with Crippen molar-refractivity contribution < 1.29 is 4.74 Å². The molecule has 0 aliphatic heterocycles. The van der Waals surface area contributed by atoms with Gasteiger partial charge in [-0.15, -0.1) is 0 Å². The summed E-state index contributed by atoms with van der Waals surface area (Å²) >= 11 is 0. The fraction of sp³-hybridized carbons (Fsp3) is 0.684. The summed E-state index contributed by atoms with van der Waals surface area (Å²) in [6, 6.07) is 4.79. The molecule has 0 aromatic heterocycles. The van der Waals surface area contributed by atoms with Gasteiger partial charge in [-0.1, -0.05) is 33.8 Å². The molecule has 2 rings (SSSR count). The number of ether oxygens (including phenoxy) is 1. The van der Waals surface area contributed by atoms with Crippen molar-refractivity contribution >= 4 is 0 Å². The SMILES string of the molecule is CCC(N)Cc1cc(C(C)(C)C)c(OCC2CC2)cc1C. The predicted molar refractivity (Wildman–Crippen MR) is 90.1 cm³/mol. The maximum atomic E-state index is 6.15. The topological polar surface area (TPSA) is 35.2 Å². The molecule has 1 aromatic rings. The van der Waals surface area contributed by atoms with Crippen molar-refractivity contribution in [3.05, 3.63) is 28.8 Å². The fourth-order valence-corrected chi connectivity index (χ4v) is 2.57. The van der Waals surface area contributed by atoms with Crippen LogP contribution >= 0.6 is 0 Å². The van der Waals surface area contributed by atoms with Crippen molar-refractivity contribution in [2.24, 2.45) is 11.7 Å². The number of rotatable bonds is 6. The van der Waals surface area contributed by atoms with Crippen LogP contribution in [-0.4, -0.2) is 12.6 Å². The zero-order valence-electron chi connectivity index (χ0n) is 14.3. The number of hydrogen-bond donors (Lipinski definition) is 1. The first kappa shape index (κ1) is 16.4. The number of nitrogens with two attached hydrogens (primary N) is 1. The Hall–Kier alpha value is -1.02. The molecular formula is C19H31NO. The zero-order valence-corrected chi connectivity index (χ0v) is 14.3. The third-order valence-electron chi connectivity index (χ3n) is 4.42. The van der Waals surface area contributed by atoms with Gasteiger partial charge in [-0.2, -0.15) is 0 Å². The molecule has 118 valence electrons. The molecule has 1 fully saturated rings. The molecule has 0 spiro atoms. The van der Waals surface area contributed by atoms with Crippen LogP contribution in [0.15, 0.2) is 12.1 Å². The van der Waals surface area contributed by atoms with Crippen LogP contribution in [0.4, 0.5) is 0 Å². The maximum absolute atomic E-state index is 6.15. The van der Waals surface area contributed by atoms with Gasteiger partial charge < -0.3 is 10.5 Å². The molecule has 2 heteroatoms. The Balaban J connectivity index is 2.28. The van der Waals surface area contributed by atoms with E-state index in [0.717, 1.165) is 31.1 Å². The van der Waals surface area contributed by atoms with E-state index in [2.05, 4.69) is 46.8 Å². The molecule has 0 saturated heterocycles. The molecule has 2 nitrogen and oxygen atoms in total. The molecule has 21 heavy (non-hydrogen) atoms. The van der Waals surface area contributed by atoms with Gasteiger partial charge in [0.2, 0.25) is 0 Å². The van der Waals surface area contributed by atoms with E-state index in [1.165, 1.54) is 29.5 Å². The van der Waals surface area contributed by atoms with Gasteiger partial charge in [0, 0.05) is 6.04 Å². The lowest BCUT2D eigenvalue weighted by atomic mass is 9.83. The minimum atomic E-state index is 0.0949. The molecule has 1 saturated carbocycles. The predicted octanol–water partition coefficient (Wildman–Crippen LogP) is 4.36. The van der Waals surface area contributed by atoms with Crippen LogP contribution in [0.25, 0.3) is 0 Å². The van der Waals surface area contributed by atoms with Crippen LogP contribution in [-0.2, 0) is 11.8 Å². The highest BCUT2D eigenvalue weighted by molar-refractivity contribution is 5.46. The number of hydrogen-bond acceptors (Lipinski definition) is 2. The summed E-state index contributed by atoms with van der Waals surface area (Å²) in [7, 11) is 0. The molecule has 0 heterocycles. The van der Waals surface area contributed by atoms with Crippen molar-refractivity contribution in [1.29, 1.82) is 0 Å². The molecule has 1 atom stereocenters. The van der Waals surface area contributed by atoms with Gasteiger partial charge in [0.15, 0.2) is 0 Å².